The Labute approximate surface area is 131 Å². The molecule has 0 spiro atoms. The summed E-state index contributed by atoms with van der Waals surface area (Å²) in [5.74, 6) is 1.18. The van der Waals surface area contributed by atoms with Crippen LogP contribution in [0.1, 0.15) is 19.8 Å². The lowest BCUT2D eigenvalue weighted by Gasteiger charge is -2.52. The average molecular weight is 317 g/mol. The Balaban J connectivity index is 2.46. The Morgan fingerprint density at radius 2 is 2.25 bits per heavy atom. The molecule has 2 rings (SSSR count). The summed E-state index contributed by atoms with van der Waals surface area (Å²) in [4.78, 5) is 12.8. The molecule has 1 fully saturated rings. The van der Waals surface area contributed by atoms with Crippen LogP contribution in [-0.2, 0) is 9.53 Å². The lowest BCUT2D eigenvalue weighted by atomic mass is 9.54. The second kappa shape index (κ2) is 6.21. The fourth-order valence-electron chi connectivity index (χ4n) is 3.80. The first-order valence-corrected chi connectivity index (χ1v) is 8.09. The highest BCUT2D eigenvalue weighted by Gasteiger charge is 2.55. The quantitative estimate of drug-likeness (QED) is 0.582. The highest BCUT2D eigenvalue weighted by molar-refractivity contribution is 6.19. The molecule has 1 saturated carbocycles. The van der Waals surface area contributed by atoms with Gasteiger partial charge in [-0.05, 0) is 25.7 Å². The van der Waals surface area contributed by atoms with E-state index in [0.717, 1.165) is 18.4 Å². The van der Waals surface area contributed by atoms with E-state index in [0.29, 0.717) is 11.8 Å². The summed E-state index contributed by atoms with van der Waals surface area (Å²) in [7, 11) is 1.60. The van der Waals surface area contributed by atoms with Crippen molar-refractivity contribution in [3.8, 4) is 0 Å². The Morgan fingerprint density at radius 3 is 2.75 bits per heavy atom. The van der Waals surface area contributed by atoms with Crippen molar-refractivity contribution in [2.24, 2.45) is 23.2 Å². The first-order chi connectivity index (χ1) is 9.51. The average Bonchev–Trinajstić information content (AvgIpc) is 2.46. The van der Waals surface area contributed by atoms with Crippen LogP contribution in [0.4, 0.5) is 0 Å². The zero-order valence-electron chi connectivity index (χ0n) is 12.1. The zero-order valence-corrected chi connectivity index (χ0v) is 13.6. The molecule has 2 nitrogen and oxygen atoms in total. The standard InChI is InChI=1S/C16H22Cl2O2/c1-10(2)12-7-16(9-18)11(8-17)5-4-6-13(16)14(19)15(12)20-3/h4,6,11-13,15H,1,5,7-9H2,2-3H3. The molecule has 0 saturated heterocycles. The van der Waals surface area contributed by atoms with Crippen LogP contribution in [-0.4, -0.2) is 30.8 Å². The van der Waals surface area contributed by atoms with Gasteiger partial charge in [0.15, 0.2) is 5.78 Å². The number of ketones is 1. The second-order valence-corrected chi connectivity index (χ2v) is 6.65. The SMILES string of the molecule is C=C(C)C1CC2(CCl)C(CCl)CC=CC2C(=O)C1OC. The van der Waals surface area contributed by atoms with Crippen LogP contribution >= 0.6 is 23.2 Å². The number of alkyl halides is 2. The van der Waals surface area contributed by atoms with Gasteiger partial charge in [-0.2, -0.15) is 0 Å². The molecule has 0 N–H and O–H groups in total. The number of methoxy groups -OCH3 is 1. The first kappa shape index (κ1) is 16.1. The number of rotatable bonds is 4. The van der Waals surface area contributed by atoms with Crippen LogP contribution in [0.25, 0.3) is 0 Å². The van der Waals surface area contributed by atoms with Crippen molar-refractivity contribution in [3.63, 3.8) is 0 Å². The van der Waals surface area contributed by atoms with Crippen molar-refractivity contribution in [3.05, 3.63) is 24.3 Å². The summed E-state index contributed by atoms with van der Waals surface area (Å²) >= 11 is 12.5. The predicted octanol–water partition coefficient (Wildman–Crippen LogP) is 3.82. The van der Waals surface area contributed by atoms with Gasteiger partial charge in [0, 0.05) is 36.1 Å². The van der Waals surface area contributed by atoms with Gasteiger partial charge in [0.1, 0.15) is 6.10 Å². The van der Waals surface area contributed by atoms with Crippen LogP contribution in [0.15, 0.2) is 24.3 Å². The Morgan fingerprint density at radius 1 is 1.55 bits per heavy atom. The molecular weight excluding hydrogens is 295 g/mol. The summed E-state index contributed by atoms with van der Waals surface area (Å²) in [5, 5.41) is 0. The largest absolute Gasteiger partial charge is 0.373 e. The molecule has 0 bridgehead atoms. The van der Waals surface area contributed by atoms with Crippen molar-refractivity contribution in [1.82, 2.24) is 0 Å². The van der Waals surface area contributed by atoms with Crippen LogP contribution in [0, 0.1) is 23.2 Å². The molecule has 2 aliphatic carbocycles. The minimum atomic E-state index is -0.410. The molecule has 0 aromatic carbocycles. The highest BCUT2D eigenvalue weighted by atomic mass is 35.5. The molecule has 0 amide bonds. The third-order valence-electron chi connectivity index (χ3n) is 5.06. The lowest BCUT2D eigenvalue weighted by molar-refractivity contribution is -0.147. The zero-order chi connectivity index (χ0) is 14.9. The Bertz CT molecular complexity index is 432. The van der Waals surface area contributed by atoms with Gasteiger partial charge in [0.25, 0.3) is 0 Å². The Kier molecular flexibility index (Phi) is 4.99. The van der Waals surface area contributed by atoms with Crippen molar-refractivity contribution >= 4 is 29.0 Å². The molecule has 0 heterocycles. The summed E-state index contributed by atoms with van der Waals surface area (Å²) in [6.45, 7) is 6.00. The number of hydrogen-bond donors (Lipinski definition) is 0. The smallest absolute Gasteiger partial charge is 0.169 e. The predicted molar refractivity (Wildman–Crippen MR) is 83.3 cm³/mol. The minimum Gasteiger partial charge on any atom is -0.373 e. The van der Waals surface area contributed by atoms with E-state index in [-0.39, 0.29) is 29.0 Å². The summed E-state index contributed by atoms with van der Waals surface area (Å²) in [5.41, 5.74) is 0.726. The van der Waals surface area contributed by atoms with E-state index in [4.69, 9.17) is 27.9 Å². The van der Waals surface area contributed by atoms with Gasteiger partial charge in [0.05, 0.1) is 0 Å². The van der Waals surface area contributed by atoms with Gasteiger partial charge in [-0.3, -0.25) is 4.79 Å². The maximum atomic E-state index is 12.8. The van der Waals surface area contributed by atoms with Gasteiger partial charge < -0.3 is 4.74 Å². The Hall–Kier alpha value is -0.310. The number of allylic oxidation sites excluding steroid dienone is 2. The topological polar surface area (TPSA) is 26.3 Å². The molecule has 0 aromatic rings. The van der Waals surface area contributed by atoms with Crippen LogP contribution in [0.3, 0.4) is 0 Å². The summed E-state index contributed by atoms with van der Waals surface area (Å²) < 4.78 is 5.46. The molecule has 5 atom stereocenters. The number of carbonyl (C=O) groups excluding carboxylic acids is 1. The number of halogens is 2. The molecule has 0 aromatic heterocycles. The van der Waals surface area contributed by atoms with Gasteiger partial charge in [-0.1, -0.05) is 24.3 Å². The van der Waals surface area contributed by atoms with Gasteiger partial charge in [-0.25, -0.2) is 0 Å². The molecule has 2 aliphatic rings. The molecule has 4 heteroatoms. The highest BCUT2D eigenvalue weighted by Crippen LogP contribution is 2.54. The second-order valence-electron chi connectivity index (χ2n) is 6.08. The summed E-state index contributed by atoms with van der Waals surface area (Å²) in [6.07, 6.45) is 5.37. The molecule has 112 valence electrons. The molecular formula is C16H22Cl2O2. The fraction of sp³-hybridized carbons (Fsp3) is 0.688. The van der Waals surface area contributed by atoms with Crippen molar-refractivity contribution < 1.29 is 9.53 Å². The minimum absolute atomic E-state index is 0.0275. The monoisotopic (exact) mass is 316 g/mol. The third kappa shape index (κ3) is 2.36. The molecule has 20 heavy (non-hydrogen) atoms. The number of ether oxygens (including phenoxy) is 1. The van der Waals surface area contributed by atoms with E-state index in [1.54, 1.807) is 7.11 Å². The van der Waals surface area contributed by atoms with E-state index in [9.17, 15) is 4.79 Å². The van der Waals surface area contributed by atoms with E-state index in [2.05, 4.69) is 12.7 Å². The van der Waals surface area contributed by atoms with Crippen molar-refractivity contribution in [2.75, 3.05) is 18.9 Å². The number of hydrogen-bond acceptors (Lipinski definition) is 2. The van der Waals surface area contributed by atoms with E-state index < -0.39 is 6.10 Å². The van der Waals surface area contributed by atoms with E-state index in [1.165, 1.54) is 0 Å². The number of carbonyl (C=O) groups is 1. The lowest BCUT2D eigenvalue weighted by Crippen LogP contribution is -2.56. The van der Waals surface area contributed by atoms with E-state index >= 15 is 0 Å². The first-order valence-electron chi connectivity index (χ1n) is 7.02. The maximum absolute atomic E-state index is 12.8. The van der Waals surface area contributed by atoms with Crippen LogP contribution < -0.4 is 0 Å². The normalized spacial score (nSPS) is 40.5. The van der Waals surface area contributed by atoms with Crippen molar-refractivity contribution in [2.45, 2.75) is 25.9 Å². The van der Waals surface area contributed by atoms with Gasteiger partial charge >= 0.3 is 0 Å². The van der Waals surface area contributed by atoms with Gasteiger partial charge in [0.2, 0.25) is 0 Å². The molecule has 0 aliphatic heterocycles. The fourth-order valence-corrected chi connectivity index (χ4v) is 4.73. The maximum Gasteiger partial charge on any atom is 0.169 e. The van der Waals surface area contributed by atoms with E-state index in [1.807, 2.05) is 13.0 Å². The van der Waals surface area contributed by atoms with Gasteiger partial charge in [-0.15, -0.1) is 23.2 Å². The van der Waals surface area contributed by atoms with Crippen LogP contribution in [0.2, 0.25) is 0 Å². The molecule has 5 unspecified atom stereocenters. The van der Waals surface area contributed by atoms with Crippen molar-refractivity contribution in [1.29, 1.82) is 0 Å². The number of fused-ring (bicyclic) bond motifs is 1. The number of Topliss-reactive ketones (excluding diaryl/α,β-unsaturated/α-hetero) is 1. The molecule has 0 radical (unpaired) electrons. The third-order valence-corrected chi connectivity index (χ3v) is 5.93. The van der Waals surface area contributed by atoms with Crippen LogP contribution in [0.5, 0.6) is 0 Å². The summed E-state index contributed by atoms with van der Waals surface area (Å²) in [6, 6.07) is 0.